The Bertz CT molecular complexity index is 1280. The van der Waals surface area contributed by atoms with Crippen LogP contribution in [0.3, 0.4) is 0 Å². The van der Waals surface area contributed by atoms with Gasteiger partial charge in [-0.3, -0.25) is 0 Å². The van der Waals surface area contributed by atoms with Crippen molar-refractivity contribution in [1.82, 2.24) is 19.7 Å². The van der Waals surface area contributed by atoms with Gasteiger partial charge in [0.15, 0.2) is 17.4 Å². The first-order chi connectivity index (χ1) is 14.9. The first kappa shape index (κ1) is 19.4. The fourth-order valence-electron chi connectivity index (χ4n) is 3.91. The molecule has 2 aromatic carbocycles. The minimum Gasteiger partial charge on any atom is -0.494 e. The van der Waals surface area contributed by atoms with Crippen LogP contribution in [0, 0.1) is 0 Å². The minimum atomic E-state index is -4.50. The van der Waals surface area contributed by atoms with Crippen LogP contribution >= 0.6 is 0 Å². The number of hydrogen-bond acceptors (Lipinski definition) is 5. The van der Waals surface area contributed by atoms with Crippen molar-refractivity contribution in [3.63, 3.8) is 0 Å². The molecule has 0 radical (unpaired) electrons. The number of anilines is 1. The molecule has 1 atom stereocenters. The lowest BCUT2D eigenvalue weighted by molar-refractivity contribution is -0.139. The van der Waals surface area contributed by atoms with E-state index in [-0.39, 0.29) is 12.2 Å². The van der Waals surface area contributed by atoms with Crippen LogP contribution in [0.5, 0.6) is 5.75 Å². The maximum atomic E-state index is 13.5. The van der Waals surface area contributed by atoms with Gasteiger partial charge in [0, 0.05) is 16.5 Å². The highest BCUT2D eigenvalue weighted by Crippen LogP contribution is 2.39. The van der Waals surface area contributed by atoms with Crippen molar-refractivity contribution in [2.24, 2.45) is 0 Å². The molecule has 1 aliphatic rings. The van der Waals surface area contributed by atoms with Crippen molar-refractivity contribution in [3.05, 3.63) is 59.4 Å². The average molecular weight is 429 g/mol. The maximum Gasteiger partial charge on any atom is 0.416 e. The van der Waals surface area contributed by atoms with Gasteiger partial charge in [0.1, 0.15) is 6.10 Å². The fraction of sp³-hybridized carbons (Fsp3) is 0.238. The average Bonchev–Trinajstić information content (AvgIpc) is 3.37. The molecule has 4 aromatic rings. The molecule has 7 nitrogen and oxygen atoms in total. The van der Waals surface area contributed by atoms with Crippen molar-refractivity contribution in [3.8, 4) is 17.3 Å². The largest absolute Gasteiger partial charge is 0.494 e. The molecule has 3 heterocycles. The van der Waals surface area contributed by atoms with Crippen molar-refractivity contribution in [2.75, 3.05) is 19.5 Å². The number of benzene rings is 2. The number of halogens is 3. The number of nitrogens with zero attached hydrogens (tertiary/aromatic N) is 3. The zero-order valence-corrected chi connectivity index (χ0v) is 16.4. The van der Waals surface area contributed by atoms with E-state index in [1.165, 1.54) is 19.2 Å². The van der Waals surface area contributed by atoms with Crippen molar-refractivity contribution in [2.45, 2.75) is 18.8 Å². The Hall–Kier alpha value is -3.53. The number of rotatable bonds is 3. The summed E-state index contributed by atoms with van der Waals surface area (Å²) in [6.07, 6.45) is -5.47. The third-order valence-corrected chi connectivity index (χ3v) is 5.30. The molecular formula is C21H18F3N5O2. The molecular weight excluding hydrogens is 411 g/mol. The quantitative estimate of drug-likeness (QED) is 0.478. The van der Waals surface area contributed by atoms with E-state index in [2.05, 4.69) is 15.1 Å². The highest BCUT2D eigenvalue weighted by atomic mass is 19.4. The summed E-state index contributed by atoms with van der Waals surface area (Å²) in [5.74, 6) is 1.21. The zero-order chi connectivity index (χ0) is 21.8. The number of hydrogen-bond donors (Lipinski definition) is 2. The molecule has 10 heteroatoms. The molecule has 0 spiro atoms. The second-order valence-corrected chi connectivity index (χ2v) is 7.18. The number of aromatic amines is 1. The van der Waals surface area contributed by atoms with Gasteiger partial charge in [0.05, 0.1) is 37.2 Å². The molecule has 0 amide bonds. The first-order valence-electron chi connectivity index (χ1n) is 9.55. The van der Waals surface area contributed by atoms with E-state index in [9.17, 15) is 13.2 Å². The first-order valence-corrected chi connectivity index (χ1v) is 9.55. The van der Waals surface area contributed by atoms with Crippen LogP contribution < -0.4 is 10.5 Å². The number of nitrogens with one attached hydrogen (secondary N) is 1. The predicted octanol–water partition coefficient (Wildman–Crippen LogP) is 4.16. The Labute approximate surface area is 174 Å². The summed E-state index contributed by atoms with van der Waals surface area (Å²) in [6.45, 7) is 0.618. The van der Waals surface area contributed by atoms with Crippen molar-refractivity contribution in [1.29, 1.82) is 0 Å². The van der Waals surface area contributed by atoms with Crippen molar-refractivity contribution < 1.29 is 22.6 Å². The molecule has 0 fully saturated rings. The van der Waals surface area contributed by atoms with E-state index in [1.807, 2.05) is 12.1 Å². The summed E-state index contributed by atoms with van der Waals surface area (Å²) < 4.78 is 53.3. The molecule has 0 saturated heterocycles. The van der Waals surface area contributed by atoms with Gasteiger partial charge in [-0.25, -0.2) is 9.67 Å². The maximum absolute atomic E-state index is 13.5. The minimum absolute atomic E-state index is 0.0148. The number of H-pyrrole nitrogens is 1. The lowest BCUT2D eigenvalue weighted by Gasteiger charge is -2.25. The number of nitrogens with two attached hydrogens (primary N) is 1. The topological polar surface area (TPSA) is 91.0 Å². The molecule has 2 aromatic heterocycles. The third-order valence-electron chi connectivity index (χ3n) is 5.30. The van der Waals surface area contributed by atoms with Gasteiger partial charge in [0.2, 0.25) is 0 Å². The summed E-state index contributed by atoms with van der Waals surface area (Å²) in [5.41, 5.74) is 7.12. The van der Waals surface area contributed by atoms with E-state index < -0.39 is 17.8 Å². The van der Waals surface area contributed by atoms with E-state index >= 15 is 0 Å². The molecule has 160 valence electrons. The Kier molecular flexibility index (Phi) is 4.40. The SMILES string of the molecule is COc1c(N)ccc2[nH]c(-c3nc4n(n3)CCOC4c3ccccc3C(F)(F)F)cc12. The molecule has 1 unspecified atom stereocenters. The van der Waals surface area contributed by atoms with Crippen LogP contribution in [0.15, 0.2) is 42.5 Å². The Morgan fingerprint density at radius 1 is 1.23 bits per heavy atom. The van der Waals surface area contributed by atoms with Gasteiger partial charge in [0.25, 0.3) is 0 Å². The van der Waals surface area contributed by atoms with E-state index in [1.54, 1.807) is 16.8 Å². The van der Waals surface area contributed by atoms with Gasteiger partial charge < -0.3 is 20.2 Å². The fourth-order valence-corrected chi connectivity index (χ4v) is 3.91. The van der Waals surface area contributed by atoms with Crippen LogP contribution in [0.2, 0.25) is 0 Å². The summed E-state index contributed by atoms with van der Waals surface area (Å²) in [5, 5.41) is 5.27. The molecule has 5 rings (SSSR count). The molecule has 31 heavy (non-hydrogen) atoms. The number of ether oxygens (including phenoxy) is 2. The van der Waals surface area contributed by atoms with Crippen LogP contribution in [0.1, 0.15) is 23.1 Å². The van der Waals surface area contributed by atoms with Gasteiger partial charge in [-0.15, -0.1) is 5.10 Å². The third kappa shape index (κ3) is 3.19. The van der Waals surface area contributed by atoms with E-state index in [4.69, 9.17) is 15.2 Å². The summed E-state index contributed by atoms with van der Waals surface area (Å²) >= 11 is 0. The summed E-state index contributed by atoms with van der Waals surface area (Å²) in [7, 11) is 1.53. The Morgan fingerprint density at radius 2 is 2.03 bits per heavy atom. The normalized spacial score (nSPS) is 16.5. The standard InChI is InChI=1S/C21H18F3N5O2/c1-30-17-12-10-16(26-15(12)7-6-14(17)25)19-27-20-18(31-9-8-29(20)28-19)11-4-2-3-5-13(11)21(22,23)24/h2-7,10,18,26H,8-9,25H2,1H3. The molecule has 3 N–H and O–H groups in total. The monoisotopic (exact) mass is 429 g/mol. The molecule has 0 aliphatic carbocycles. The van der Waals surface area contributed by atoms with Gasteiger partial charge in [-0.05, 0) is 24.3 Å². The molecule has 0 saturated carbocycles. The van der Waals surface area contributed by atoms with Crippen molar-refractivity contribution >= 4 is 16.6 Å². The van der Waals surface area contributed by atoms with E-state index in [0.717, 1.165) is 17.0 Å². The van der Waals surface area contributed by atoms with Gasteiger partial charge >= 0.3 is 6.18 Å². The number of aromatic nitrogens is 4. The van der Waals surface area contributed by atoms with Crippen LogP contribution in [0.25, 0.3) is 22.4 Å². The highest BCUT2D eigenvalue weighted by Gasteiger charge is 2.38. The Balaban J connectivity index is 1.60. The summed E-state index contributed by atoms with van der Waals surface area (Å²) in [4.78, 5) is 7.75. The lowest BCUT2D eigenvalue weighted by Crippen LogP contribution is -2.25. The van der Waals surface area contributed by atoms with Crippen LogP contribution in [0.4, 0.5) is 18.9 Å². The smallest absolute Gasteiger partial charge is 0.416 e. The number of fused-ring (bicyclic) bond motifs is 2. The summed E-state index contributed by atoms with van der Waals surface area (Å²) in [6, 6.07) is 10.7. The van der Waals surface area contributed by atoms with Crippen LogP contribution in [-0.2, 0) is 17.5 Å². The lowest BCUT2D eigenvalue weighted by atomic mass is 10.0. The van der Waals surface area contributed by atoms with Gasteiger partial charge in [-0.1, -0.05) is 18.2 Å². The van der Waals surface area contributed by atoms with E-state index in [0.29, 0.717) is 35.3 Å². The highest BCUT2D eigenvalue weighted by molar-refractivity contribution is 5.94. The Morgan fingerprint density at radius 3 is 2.81 bits per heavy atom. The van der Waals surface area contributed by atoms with Crippen LogP contribution in [-0.4, -0.2) is 33.5 Å². The zero-order valence-electron chi connectivity index (χ0n) is 16.4. The second-order valence-electron chi connectivity index (χ2n) is 7.18. The number of nitrogen functional groups attached to an aromatic ring is 1. The second kappa shape index (κ2) is 7.02. The molecule has 1 aliphatic heterocycles. The predicted molar refractivity (Wildman–Crippen MR) is 108 cm³/mol. The molecule has 0 bridgehead atoms. The number of alkyl halides is 3. The van der Waals surface area contributed by atoms with Gasteiger partial charge in [-0.2, -0.15) is 13.2 Å². The number of methoxy groups -OCH3 is 1.